The van der Waals surface area contributed by atoms with E-state index in [1.54, 1.807) is 6.07 Å². The second-order valence-electron chi connectivity index (χ2n) is 6.37. The van der Waals surface area contributed by atoms with Crippen LogP contribution in [0.25, 0.3) is 0 Å². The molecule has 0 aliphatic carbocycles. The van der Waals surface area contributed by atoms with Crippen LogP contribution < -0.4 is 4.74 Å². The van der Waals surface area contributed by atoms with E-state index in [0.29, 0.717) is 11.8 Å². The molecule has 1 atom stereocenters. The number of para-hydroxylation sites is 1. The maximum atomic E-state index is 9.57. The Hall–Kier alpha value is -2.00. The molecule has 1 aliphatic rings. The zero-order valence-corrected chi connectivity index (χ0v) is 13.7. The van der Waals surface area contributed by atoms with Crippen LogP contribution in [0.1, 0.15) is 24.0 Å². The molecule has 1 N–H and O–H groups in total. The van der Waals surface area contributed by atoms with E-state index in [1.165, 1.54) is 24.9 Å². The van der Waals surface area contributed by atoms with Gasteiger partial charge < -0.3 is 14.7 Å². The van der Waals surface area contributed by atoms with Gasteiger partial charge in [-0.3, -0.25) is 0 Å². The lowest BCUT2D eigenvalue weighted by Gasteiger charge is -2.20. The van der Waals surface area contributed by atoms with Gasteiger partial charge in [0.25, 0.3) is 0 Å². The average Bonchev–Trinajstić information content (AvgIpc) is 2.97. The number of phenolic OH excluding ortho intramolecular Hbond substituents is 1. The van der Waals surface area contributed by atoms with E-state index in [2.05, 4.69) is 36.2 Å². The molecule has 122 valence electrons. The molecule has 2 aromatic rings. The minimum Gasteiger partial charge on any atom is -0.508 e. The second-order valence-corrected chi connectivity index (χ2v) is 6.37. The summed E-state index contributed by atoms with van der Waals surface area (Å²) >= 11 is 0. The summed E-state index contributed by atoms with van der Waals surface area (Å²) in [7, 11) is 2.18. The number of likely N-dealkylation sites (N-methyl/N-ethyl adjacent to an activating group) is 1. The zero-order valence-electron chi connectivity index (χ0n) is 13.7. The number of ether oxygens (including phenoxy) is 1. The normalized spacial score (nSPS) is 18.2. The topological polar surface area (TPSA) is 32.7 Å². The molecule has 1 fully saturated rings. The number of hydrogen-bond donors (Lipinski definition) is 1. The molecular weight excluding hydrogens is 286 g/mol. The van der Waals surface area contributed by atoms with Crippen molar-refractivity contribution in [1.82, 2.24) is 4.90 Å². The van der Waals surface area contributed by atoms with Crippen LogP contribution in [0.3, 0.4) is 0 Å². The van der Waals surface area contributed by atoms with Crippen LogP contribution in [0.15, 0.2) is 48.5 Å². The molecule has 1 unspecified atom stereocenters. The van der Waals surface area contributed by atoms with Crippen molar-refractivity contribution in [1.29, 1.82) is 0 Å². The van der Waals surface area contributed by atoms with Crippen LogP contribution in [0.5, 0.6) is 11.5 Å². The van der Waals surface area contributed by atoms with E-state index >= 15 is 0 Å². The Morgan fingerprint density at radius 2 is 2.00 bits per heavy atom. The molecule has 0 spiro atoms. The second kappa shape index (κ2) is 7.51. The Kier molecular flexibility index (Phi) is 5.19. The summed E-state index contributed by atoms with van der Waals surface area (Å²) in [6.45, 7) is 1.94. The van der Waals surface area contributed by atoms with Gasteiger partial charge in [0.05, 0.1) is 0 Å². The molecule has 1 heterocycles. The Labute approximate surface area is 138 Å². The minimum absolute atomic E-state index is 0.330. The SMILES string of the molecule is CN1CCCC1COc1ccccc1CCc1cccc(O)c1. The average molecular weight is 311 g/mol. The maximum absolute atomic E-state index is 9.57. The zero-order chi connectivity index (χ0) is 16.1. The van der Waals surface area contributed by atoms with Crippen molar-refractivity contribution in [2.75, 3.05) is 20.2 Å². The third-order valence-corrected chi connectivity index (χ3v) is 4.67. The molecule has 2 aromatic carbocycles. The first-order valence-electron chi connectivity index (χ1n) is 8.41. The maximum Gasteiger partial charge on any atom is 0.122 e. The smallest absolute Gasteiger partial charge is 0.122 e. The summed E-state index contributed by atoms with van der Waals surface area (Å²) in [5, 5.41) is 9.57. The Morgan fingerprint density at radius 1 is 1.13 bits per heavy atom. The molecule has 1 aliphatic heterocycles. The van der Waals surface area contributed by atoms with E-state index < -0.39 is 0 Å². The molecule has 3 heteroatoms. The van der Waals surface area contributed by atoms with Crippen molar-refractivity contribution in [2.24, 2.45) is 0 Å². The van der Waals surface area contributed by atoms with Crippen LogP contribution in [0, 0.1) is 0 Å². The highest BCUT2D eigenvalue weighted by molar-refractivity contribution is 5.35. The Balaban J connectivity index is 1.61. The van der Waals surface area contributed by atoms with Crippen LogP contribution in [-0.4, -0.2) is 36.2 Å². The predicted octanol–water partition coefficient (Wildman–Crippen LogP) is 3.65. The summed E-state index contributed by atoms with van der Waals surface area (Å²) < 4.78 is 6.11. The van der Waals surface area contributed by atoms with Crippen LogP contribution in [0.4, 0.5) is 0 Å². The van der Waals surface area contributed by atoms with Gasteiger partial charge >= 0.3 is 0 Å². The van der Waals surface area contributed by atoms with E-state index in [0.717, 1.165) is 30.8 Å². The minimum atomic E-state index is 0.330. The molecule has 0 amide bonds. The third kappa shape index (κ3) is 4.26. The molecule has 23 heavy (non-hydrogen) atoms. The molecule has 0 radical (unpaired) electrons. The van der Waals surface area contributed by atoms with E-state index in [-0.39, 0.29) is 0 Å². The molecule has 0 bridgehead atoms. The van der Waals surface area contributed by atoms with E-state index in [1.807, 2.05) is 18.2 Å². The number of phenols is 1. The summed E-state index contributed by atoms with van der Waals surface area (Å²) in [6.07, 6.45) is 4.31. The van der Waals surface area contributed by atoms with Crippen LogP contribution in [0.2, 0.25) is 0 Å². The Morgan fingerprint density at radius 3 is 2.78 bits per heavy atom. The lowest BCUT2D eigenvalue weighted by atomic mass is 10.0. The molecule has 3 nitrogen and oxygen atoms in total. The lowest BCUT2D eigenvalue weighted by Crippen LogP contribution is -2.30. The molecular formula is C20H25NO2. The van der Waals surface area contributed by atoms with Crippen LogP contribution >= 0.6 is 0 Å². The molecule has 1 saturated heterocycles. The first-order valence-corrected chi connectivity index (χ1v) is 8.41. The molecule has 0 aromatic heterocycles. The van der Waals surface area contributed by atoms with E-state index in [4.69, 9.17) is 4.74 Å². The van der Waals surface area contributed by atoms with Crippen molar-refractivity contribution in [3.8, 4) is 11.5 Å². The number of rotatable bonds is 6. The summed E-state index contributed by atoms with van der Waals surface area (Å²) in [4.78, 5) is 2.38. The number of nitrogens with zero attached hydrogens (tertiary/aromatic N) is 1. The van der Waals surface area contributed by atoms with Crippen molar-refractivity contribution < 1.29 is 9.84 Å². The summed E-state index contributed by atoms with van der Waals surface area (Å²) in [5.41, 5.74) is 2.38. The largest absolute Gasteiger partial charge is 0.508 e. The molecule has 3 rings (SSSR count). The van der Waals surface area contributed by atoms with Gasteiger partial charge in [0.2, 0.25) is 0 Å². The first kappa shape index (κ1) is 15.9. The van der Waals surface area contributed by atoms with Crippen molar-refractivity contribution in [2.45, 2.75) is 31.7 Å². The highest BCUT2D eigenvalue weighted by Crippen LogP contribution is 2.23. The van der Waals surface area contributed by atoms with Gasteiger partial charge in [0.1, 0.15) is 18.1 Å². The van der Waals surface area contributed by atoms with Gasteiger partial charge in [-0.1, -0.05) is 30.3 Å². The lowest BCUT2D eigenvalue weighted by molar-refractivity contribution is 0.197. The Bertz CT molecular complexity index is 641. The fourth-order valence-corrected chi connectivity index (χ4v) is 3.22. The highest BCUT2D eigenvalue weighted by Gasteiger charge is 2.21. The van der Waals surface area contributed by atoms with Gasteiger partial charge in [-0.25, -0.2) is 0 Å². The summed E-state index contributed by atoms with van der Waals surface area (Å²) in [5.74, 6) is 1.32. The number of benzene rings is 2. The first-order chi connectivity index (χ1) is 11.2. The fourth-order valence-electron chi connectivity index (χ4n) is 3.22. The quantitative estimate of drug-likeness (QED) is 0.884. The molecule has 0 saturated carbocycles. The summed E-state index contributed by atoms with van der Waals surface area (Å²) in [6, 6.07) is 16.3. The fraction of sp³-hybridized carbons (Fsp3) is 0.400. The predicted molar refractivity (Wildman–Crippen MR) is 93.1 cm³/mol. The number of hydrogen-bond acceptors (Lipinski definition) is 3. The monoisotopic (exact) mass is 311 g/mol. The van der Waals surface area contributed by atoms with Crippen molar-refractivity contribution >= 4 is 0 Å². The van der Waals surface area contributed by atoms with Gasteiger partial charge in [0, 0.05) is 6.04 Å². The highest BCUT2D eigenvalue weighted by atomic mass is 16.5. The third-order valence-electron chi connectivity index (χ3n) is 4.67. The number of likely N-dealkylation sites (tertiary alicyclic amines) is 1. The van der Waals surface area contributed by atoms with Gasteiger partial charge in [-0.15, -0.1) is 0 Å². The standard InChI is InChI=1S/C20H25NO2/c1-21-13-5-8-18(21)15-23-20-10-3-2-7-17(20)12-11-16-6-4-9-19(22)14-16/h2-4,6-7,9-10,14,18,22H,5,8,11-13,15H2,1H3. The van der Waals surface area contributed by atoms with Crippen molar-refractivity contribution in [3.63, 3.8) is 0 Å². The van der Waals surface area contributed by atoms with Gasteiger partial charge in [-0.2, -0.15) is 0 Å². The van der Waals surface area contributed by atoms with Gasteiger partial charge in [0.15, 0.2) is 0 Å². The van der Waals surface area contributed by atoms with Gasteiger partial charge in [-0.05, 0) is 68.6 Å². The van der Waals surface area contributed by atoms with Crippen molar-refractivity contribution in [3.05, 3.63) is 59.7 Å². The van der Waals surface area contributed by atoms with E-state index in [9.17, 15) is 5.11 Å². The number of aryl methyl sites for hydroxylation is 2. The number of aromatic hydroxyl groups is 1. The van der Waals surface area contributed by atoms with Crippen LogP contribution in [-0.2, 0) is 12.8 Å².